The molecule has 0 bridgehead atoms. The maximum absolute atomic E-state index is 11.9. The molecule has 2 fully saturated rings. The molecule has 1 amide bonds. The molecule has 1 aromatic rings. The number of likely N-dealkylation sites (tertiary alicyclic amines) is 1. The van der Waals surface area contributed by atoms with Crippen LogP contribution in [0, 0.1) is 11.8 Å². The number of benzene rings is 1. The van der Waals surface area contributed by atoms with Gasteiger partial charge < -0.3 is 14.7 Å². The zero-order valence-corrected chi connectivity index (χ0v) is 17.5. The number of aliphatic hydroxyl groups excluding tert-OH is 1. The Balaban J connectivity index is 1.47. The highest BCUT2D eigenvalue weighted by atomic mass is 16.6. The molecule has 6 nitrogen and oxygen atoms in total. The average molecular weight is 400 g/mol. The van der Waals surface area contributed by atoms with Crippen molar-refractivity contribution in [2.75, 3.05) is 52.5 Å². The molecule has 0 saturated carbocycles. The summed E-state index contributed by atoms with van der Waals surface area (Å²) < 4.78 is 5.12. The minimum atomic E-state index is -0.179. The molecule has 6 heteroatoms. The van der Waals surface area contributed by atoms with Crippen molar-refractivity contribution in [2.45, 2.75) is 38.8 Å². The van der Waals surface area contributed by atoms with Gasteiger partial charge in [-0.3, -0.25) is 9.80 Å². The van der Waals surface area contributed by atoms with Crippen LogP contribution in [-0.4, -0.2) is 84.4 Å². The number of carbonyl (C=O) groups is 1. The van der Waals surface area contributed by atoms with E-state index in [4.69, 9.17) is 9.84 Å². The topological polar surface area (TPSA) is 56.2 Å². The average Bonchev–Trinajstić information content (AvgIpc) is 2.76. The van der Waals surface area contributed by atoms with Crippen LogP contribution in [0.4, 0.5) is 4.79 Å². The summed E-state index contributed by atoms with van der Waals surface area (Å²) in [7, 11) is 0. The molecule has 0 spiro atoms. The number of carbonyl (C=O) groups excluding carboxylic acids is 1. The highest BCUT2D eigenvalue weighted by Crippen LogP contribution is 2.20. The number of aliphatic hydroxyl groups is 1. The zero-order valence-electron chi connectivity index (χ0n) is 17.5. The van der Waals surface area contributed by atoms with Gasteiger partial charge in [-0.15, -0.1) is 0 Å². The normalized spacial score (nSPS) is 20.8. The third kappa shape index (κ3) is 6.46. The van der Waals surface area contributed by atoms with E-state index in [0.29, 0.717) is 19.1 Å². The van der Waals surface area contributed by atoms with E-state index < -0.39 is 0 Å². The van der Waals surface area contributed by atoms with Gasteiger partial charge in [0.2, 0.25) is 0 Å². The Labute approximate surface area is 174 Å². The molecule has 2 aliphatic rings. The number of nitrogens with zero attached hydrogens (tertiary/aromatic N) is 3. The number of piperazine rings is 1. The molecule has 1 atom stereocenters. The van der Waals surface area contributed by atoms with Crippen LogP contribution >= 0.6 is 0 Å². The molecule has 2 saturated heterocycles. The number of rotatable bonds is 5. The summed E-state index contributed by atoms with van der Waals surface area (Å²) in [5.41, 5.74) is 2.31. The van der Waals surface area contributed by atoms with Crippen molar-refractivity contribution in [1.82, 2.24) is 14.7 Å². The van der Waals surface area contributed by atoms with Gasteiger partial charge >= 0.3 is 6.09 Å². The number of ether oxygens (including phenoxy) is 1. The minimum absolute atomic E-state index is 0.110. The number of amides is 1. The van der Waals surface area contributed by atoms with Crippen LogP contribution in [0.2, 0.25) is 0 Å². The first-order valence-corrected chi connectivity index (χ1v) is 10.8. The molecule has 1 N–H and O–H groups in total. The van der Waals surface area contributed by atoms with Crippen LogP contribution in [0.5, 0.6) is 0 Å². The van der Waals surface area contributed by atoms with Gasteiger partial charge in [-0.05, 0) is 44.0 Å². The molecular weight excluding hydrogens is 366 g/mol. The molecule has 0 radical (unpaired) electrons. The monoisotopic (exact) mass is 399 g/mol. The van der Waals surface area contributed by atoms with E-state index >= 15 is 0 Å². The van der Waals surface area contributed by atoms with Crippen molar-refractivity contribution >= 4 is 6.09 Å². The predicted molar refractivity (Wildman–Crippen MR) is 113 cm³/mol. The van der Waals surface area contributed by atoms with E-state index in [9.17, 15) is 4.79 Å². The number of hydrogen-bond acceptors (Lipinski definition) is 5. The summed E-state index contributed by atoms with van der Waals surface area (Å²) in [6.45, 7) is 8.95. The first-order chi connectivity index (χ1) is 14.2. The van der Waals surface area contributed by atoms with E-state index in [-0.39, 0.29) is 12.7 Å². The van der Waals surface area contributed by atoms with E-state index in [2.05, 4.69) is 45.9 Å². The van der Waals surface area contributed by atoms with Gasteiger partial charge in [-0.1, -0.05) is 24.0 Å². The Kier molecular flexibility index (Phi) is 8.36. The second-order valence-electron chi connectivity index (χ2n) is 7.73. The van der Waals surface area contributed by atoms with Gasteiger partial charge in [-0.25, -0.2) is 4.79 Å². The van der Waals surface area contributed by atoms with Gasteiger partial charge in [0, 0.05) is 57.3 Å². The van der Waals surface area contributed by atoms with Crippen LogP contribution in [0.15, 0.2) is 24.3 Å². The summed E-state index contributed by atoms with van der Waals surface area (Å²) in [5, 5.41) is 8.81. The fourth-order valence-corrected chi connectivity index (χ4v) is 4.13. The first kappa shape index (κ1) is 21.6. The summed E-state index contributed by atoms with van der Waals surface area (Å²) in [4.78, 5) is 18.8. The lowest BCUT2D eigenvalue weighted by atomic mass is 10.0. The van der Waals surface area contributed by atoms with Gasteiger partial charge in [-0.2, -0.15) is 0 Å². The molecule has 2 heterocycles. The Morgan fingerprint density at radius 2 is 1.93 bits per heavy atom. The largest absolute Gasteiger partial charge is 0.450 e. The summed E-state index contributed by atoms with van der Waals surface area (Å²) in [5.74, 6) is 6.04. The molecular formula is C23H33N3O3. The summed E-state index contributed by atoms with van der Waals surface area (Å²) in [6.07, 6.45) is 2.79. The second-order valence-corrected chi connectivity index (χ2v) is 7.73. The fraction of sp³-hybridized carbons (Fsp3) is 0.609. The van der Waals surface area contributed by atoms with Crippen LogP contribution in [-0.2, 0) is 11.3 Å². The van der Waals surface area contributed by atoms with Crippen molar-refractivity contribution in [2.24, 2.45) is 0 Å². The highest BCUT2D eigenvalue weighted by Gasteiger charge is 2.29. The maximum Gasteiger partial charge on any atom is 0.409 e. The molecule has 3 rings (SSSR count). The lowest BCUT2D eigenvalue weighted by Crippen LogP contribution is -2.55. The SMILES string of the molecule is CCOC(=O)N1CCN([C@@H]2CCCN(Cc3ccc(C#CCCO)cc3)C2)CC1. The van der Waals surface area contributed by atoms with Crippen molar-refractivity contribution < 1.29 is 14.6 Å². The predicted octanol–water partition coefficient (Wildman–Crippen LogP) is 2.16. The second kappa shape index (κ2) is 11.2. The number of piperidine rings is 1. The third-order valence-electron chi connectivity index (χ3n) is 5.67. The van der Waals surface area contributed by atoms with Crippen molar-refractivity contribution in [3.8, 4) is 11.8 Å². The molecule has 1 aromatic carbocycles. The van der Waals surface area contributed by atoms with Crippen LogP contribution in [0.25, 0.3) is 0 Å². The van der Waals surface area contributed by atoms with Gasteiger partial charge in [0.15, 0.2) is 0 Å². The van der Waals surface area contributed by atoms with Gasteiger partial charge in [0.1, 0.15) is 0 Å². The van der Waals surface area contributed by atoms with Crippen LogP contribution in [0.1, 0.15) is 37.3 Å². The van der Waals surface area contributed by atoms with Gasteiger partial charge in [0.25, 0.3) is 0 Å². The Morgan fingerprint density at radius 3 is 2.62 bits per heavy atom. The standard InChI is InChI=1S/C23H33N3O3/c1-2-29-23(28)26-15-13-25(14-16-26)22-7-5-12-24(19-22)18-21-10-8-20(9-11-21)6-3-4-17-27/h8-11,22,27H,2,4-5,7,12-19H2,1H3/t22-/m1/s1. The fourth-order valence-electron chi connectivity index (χ4n) is 4.13. The quantitative estimate of drug-likeness (QED) is 0.769. The van der Waals surface area contributed by atoms with E-state index in [1.165, 1.54) is 18.4 Å². The summed E-state index contributed by atoms with van der Waals surface area (Å²) >= 11 is 0. The van der Waals surface area contributed by atoms with Crippen molar-refractivity contribution in [3.05, 3.63) is 35.4 Å². The Bertz CT molecular complexity index is 702. The van der Waals surface area contributed by atoms with E-state index in [1.807, 2.05) is 11.8 Å². The van der Waals surface area contributed by atoms with Crippen LogP contribution in [0.3, 0.4) is 0 Å². The highest BCUT2D eigenvalue weighted by molar-refractivity contribution is 5.67. The summed E-state index contributed by atoms with van der Waals surface area (Å²) in [6, 6.07) is 9.01. The Hall–Kier alpha value is -2.07. The smallest absolute Gasteiger partial charge is 0.409 e. The van der Waals surface area contributed by atoms with E-state index in [0.717, 1.165) is 51.4 Å². The Morgan fingerprint density at radius 1 is 1.17 bits per heavy atom. The molecule has 0 unspecified atom stereocenters. The van der Waals surface area contributed by atoms with Crippen LogP contribution < -0.4 is 0 Å². The molecule has 158 valence electrons. The molecule has 0 aromatic heterocycles. The van der Waals surface area contributed by atoms with Crippen molar-refractivity contribution in [3.63, 3.8) is 0 Å². The maximum atomic E-state index is 11.9. The lowest BCUT2D eigenvalue weighted by molar-refractivity contribution is 0.0412. The van der Waals surface area contributed by atoms with E-state index in [1.54, 1.807) is 0 Å². The first-order valence-electron chi connectivity index (χ1n) is 10.8. The van der Waals surface area contributed by atoms with Crippen molar-refractivity contribution in [1.29, 1.82) is 0 Å². The zero-order chi connectivity index (χ0) is 20.5. The molecule has 29 heavy (non-hydrogen) atoms. The third-order valence-corrected chi connectivity index (χ3v) is 5.67. The lowest BCUT2D eigenvalue weighted by Gasteiger charge is -2.43. The number of hydrogen-bond donors (Lipinski definition) is 1. The minimum Gasteiger partial charge on any atom is -0.450 e. The van der Waals surface area contributed by atoms with Gasteiger partial charge in [0.05, 0.1) is 13.2 Å². The molecule has 0 aliphatic carbocycles. The molecule has 2 aliphatic heterocycles.